The van der Waals surface area contributed by atoms with E-state index in [1.54, 1.807) is 42.5 Å². The van der Waals surface area contributed by atoms with Gasteiger partial charge in [0, 0.05) is 31.2 Å². The Balaban J connectivity index is 1.55. The molecule has 24 heavy (non-hydrogen) atoms. The van der Waals surface area contributed by atoms with Crippen LogP contribution in [-0.2, 0) is 16.6 Å². The minimum Gasteiger partial charge on any atom is -0.299 e. The third-order valence-electron chi connectivity index (χ3n) is 4.31. The van der Waals surface area contributed by atoms with E-state index in [2.05, 4.69) is 9.62 Å². The molecule has 0 spiro atoms. The van der Waals surface area contributed by atoms with Crippen molar-refractivity contribution in [3.05, 3.63) is 66.0 Å². The van der Waals surface area contributed by atoms with Crippen molar-refractivity contribution in [3.63, 3.8) is 0 Å². The van der Waals surface area contributed by atoms with Crippen molar-refractivity contribution in [2.45, 2.75) is 30.3 Å². The summed E-state index contributed by atoms with van der Waals surface area (Å²) in [6.07, 6.45) is 1.45. The summed E-state index contributed by atoms with van der Waals surface area (Å²) < 4.78 is 41.2. The molecule has 0 aliphatic carbocycles. The molecule has 0 unspecified atom stereocenters. The first-order valence-electron chi connectivity index (χ1n) is 8.08. The number of hydrogen-bond acceptors (Lipinski definition) is 3. The Morgan fingerprint density at radius 1 is 1.00 bits per heavy atom. The molecule has 2 aromatic carbocycles. The minimum atomic E-state index is -3.47. The van der Waals surface area contributed by atoms with E-state index in [1.807, 2.05) is 6.07 Å². The zero-order valence-electron chi connectivity index (χ0n) is 13.4. The van der Waals surface area contributed by atoms with E-state index in [-0.39, 0.29) is 11.9 Å². The Morgan fingerprint density at radius 3 is 2.29 bits per heavy atom. The van der Waals surface area contributed by atoms with Crippen LogP contribution in [-0.4, -0.2) is 32.4 Å². The second-order valence-electron chi connectivity index (χ2n) is 6.08. The van der Waals surface area contributed by atoms with E-state index in [9.17, 15) is 12.8 Å². The van der Waals surface area contributed by atoms with Gasteiger partial charge in [0.15, 0.2) is 0 Å². The van der Waals surface area contributed by atoms with Crippen LogP contribution in [0, 0.1) is 5.82 Å². The lowest BCUT2D eigenvalue weighted by Gasteiger charge is -2.32. The third-order valence-corrected chi connectivity index (χ3v) is 5.85. The number of rotatable bonds is 5. The standard InChI is InChI=1S/C18H21FN2O2S/c19-18-9-5-4-6-15(18)14-21-12-10-16(11-13-21)20-24(22,23)17-7-2-1-3-8-17/h1-9,16,20H,10-14H2. The lowest BCUT2D eigenvalue weighted by Crippen LogP contribution is -2.44. The summed E-state index contributed by atoms with van der Waals surface area (Å²) in [6, 6.07) is 15.1. The largest absolute Gasteiger partial charge is 0.299 e. The van der Waals surface area contributed by atoms with E-state index in [1.165, 1.54) is 6.07 Å². The summed E-state index contributed by atoms with van der Waals surface area (Å²) >= 11 is 0. The van der Waals surface area contributed by atoms with Crippen LogP contribution in [0.1, 0.15) is 18.4 Å². The Morgan fingerprint density at radius 2 is 1.62 bits per heavy atom. The van der Waals surface area contributed by atoms with E-state index in [0.29, 0.717) is 17.0 Å². The summed E-state index contributed by atoms with van der Waals surface area (Å²) in [5.41, 5.74) is 0.681. The van der Waals surface area contributed by atoms with Crippen LogP contribution in [0.15, 0.2) is 59.5 Å². The average molecular weight is 348 g/mol. The number of piperidine rings is 1. The lowest BCUT2D eigenvalue weighted by atomic mass is 10.1. The molecule has 6 heteroatoms. The van der Waals surface area contributed by atoms with Gasteiger partial charge < -0.3 is 0 Å². The highest BCUT2D eigenvalue weighted by Crippen LogP contribution is 2.17. The van der Waals surface area contributed by atoms with E-state index in [4.69, 9.17) is 0 Å². The molecule has 1 heterocycles. The van der Waals surface area contributed by atoms with Crippen LogP contribution in [0.2, 0.25) is 0 Å². The number of benzene rings is 2. The monoisotopic (exact) mass is 348 g/mol. The molecule has 1 aliphatic heterocycles. The molecule has 3 rings (SSSR count). The van der Waals surface area contributed by atoms with Crippen molar-refractivity contribution < 1.29 is 12.8 Å². The molecule has 0 aromatic heterocycles. The van der Waals surface area contributed by atoms with Gasteiger partial charge in [-0.05, 0) is 31.0 Å². The number of nitrogens with one attached hydrogen (secondary N) is 1. The molecule has 0 saturated carbocycles. The van der Waals surface area contributed by atoms with Gasteiger partial charge in [0.1, 0.15) is 5.82 Å². The number of halogens is 1. The van der Waals surface area contributed by atoms with Gasteiger partial charge in [-0.15, -0.1) is 0 Å². The number of nitrogens with zero attached hydrogens (tertiary/aromatic N) is 1. The Labute approximate surface area is 142 Å². The fraction of sp³-hybridized carbons (Fsp3) is 0.333. The molecule has 0 amide bonds. The molecule has 0 atom stereocenters. The Kier molecular flexibility index (Phi) is 5.28. The average Bonchev–Trinajstić information content (AvgIpc) is 2.59. The molecule has 128 valence electrons. The van der Waals surface area contributed by atoms with Gasteiger partial charge in [-0.2, -0.15) is 0 Å². The number of sulfonamides is 1. The first kappa shape index (κ1) is 17.1. The molecular formula is C18H21FN2O2S. The molecule has 0 radical (unpaired) electrons. The fourth-order valence-electron chi connectivity index (χ4n) is 2.96. The van der Waals surface area contributed by atoms with Gasteiger partial charge in [-0.3, -0.25) is 4.90 Å². The minimum absolute atomic E-state index is 0.0768. The topological polar surface area (TPSA) is 49.4 Å². The van der Waals surface area contributed by atoms with Gasteiger partial charge in [0.25, 0.3) is 0 Å². The SMILES string of the molecule is O=S(=O)(NC1CCN(Cc2ccccc2F)CC1)c1ccccc1. The molecule has 1 fully saturated rings. The Hall–Kier alpha value is -1.76. The van der Waals surface area contributed by atoms with Crippen molar-refractivity contribution in [1.82, 2.24) is 9.62 Å². The van der Waals surface area contributed by atoms with Crippen LogP contribution < -0.4 is 4.72 Å². The second kappa shape index (κ2) is 7.42. The molecular weight excluding hydrogens is 327 g/mol. The predicted molar refractivity (Wildman–Crippen MR) is 91.5 cm³/mol. The quantitative estimate of drug-likeness (QED) is 0.904. The van der Waals surface area contributed by atoms with Crippen molar-refractivity contribution in [1.29, 1.82) is 0 Å². The summed E-state index contributed by atoms with van der Waals surface area (Å²) in [7, 11) is -3.47. The van der Waals surface area contributed by atoms with E-state index < -0.39 is 10.0 Å². The van der Waals surface area contributed by atoms with Gasteiger partial charge >= 0.3 is 0 Å². The number of hydrogen-bond donors (Lipinski definition) is 1. The maximum Gasteiger partial charge on any atom is 0.240 e. The highest BCUT2D eigenvalue weighted by atomic mass is 32.2. The summed E-state index contributed by atoms with van der Waals surface area (Å²) in [5, 5.41) is 0. The molecule has 1 saturated heterocycles. The maximum absolute atomic E-state index is 13.7. The summed E-state index contributed by atoms with van der Waals surface area (Å²) in [6.45, 7) is 2.05. The van der Waals surface area contributed by atoms with Gasteiger partial charge in [0.05, 0.1) is 4.90 Å². The maximum atomic E-state index is 13.7. The summed E-state index contributed by atoms with van der Waals surface area (Å²) in [4.78, 5) is 2.45. The van der Waals surface area contributed by atoms with Crippen LogP contribution in [0.25, 0.3) is 0 Å². The highest BCUT2D eigenvalue weighted by Gasteiger charge is 2.24. The van der Waals surface area contributed by atoms with Crippen LogP contribution >= 0.6 is 0 Å². The highest BCUT2D eigenvalue weighted by molar-refractivity contribution is 7.89. The Bertz CT molecular complexity index is 773. The molecule has 2 aromatic rings. The normalized spacial score (nSPS) is 17.0. The smallest absolute Gasteiger partial charge is 0.240 e. The first-order valence-corrected chi connectivity index (χ1v) is 9.56. The first-order chi connectivity index (χ1) is 11.5. The zero-order valence-corrected chi connectivity index (χ0v) is 14.2. The van der Waals surface area contributed by atoms with Crippen LogP contribution in [0.3, 0.4) is 0 Å². The fourth-order valence-corrected chi connectivity index (χ4v) is 4.29. The molecule has 0 bridgehead atoms. The molecule has 1 aliphatic rings. The second-order valence-corrected chi connectivity index (χ2v) is 7.79. The summed E-state index contributed by atoms with van der Waals surface area (Å²) in [5.74, 6) is -0.190. The molecule has 1 N–H and O–H groups in total. The number of likely N-dealkylation sites (tertiary alicyclic amines) is 1. The third kappa shape index (κ3) is 4.20. The van der Waals surface area contributed by atoms with Gasteiger partial charge in [-0.25, -0.2) is 17.5 Å². The van der Waals surface area contributed by atoms with Crippen LogP contribution in [0.5, 0.6) is 0 Å². The van der Waals surface area contributed by atoms with Crippen LogP contribution in [0.4, 0.5) is 4.39 Å². The van der Waals surface area contributed by atoms with Gasteiger partial charge in [-0.1, -0.05) is 36.4 Å². The van der Waals surface area contributed by atoms with E-state index in [0.717, 1.165) is 25.9 Å². The van der Waals surface area contributed by atoms with Crippen molar-refractivity contribution >= 4 is 10.0 Å². The van der Waals surface area contributed by atoms with Crippen molar-refractivity contribution in [3.8, 4) is 0 Å². The van der Waals surface area contributed by atoms with Crippen molar-refractivity contribution in [2.24, 2.45) is 0 Å². The van der Waals surface area contributed by atoms with Gasteiger partial charge in [0.2, 0.25) is 10.0 Å². The predicted octanol–water partition coefficient (Wildman–Crippen LogP) is 2.77. The molecule has 4 nitrogen and oxygen atoms in total. The van der Waals surface area contributed by atoms with Crippen molar-refractivity contribution in [2.75, 3.05) is 13.1 Å². The van der Waals surface area contributed by atoms with E-state index >= 15 is 0 Å². The zero-order chi connectivity index (χ0) is 17.0. The lowest BCUT2D eigenvalue weighted by molar-refractivity contribution is 0.198.